The lowest BCUT2D eigenvalue weighted by molar-refractivity contribution is 0.0701. The number of benzene rings is 1. The average molecular weight is 260 g/mol. The summed E-state index contributed by atoms with van der Waals surface area (Å²) in [6.07, 6.45) is 2.34. The van der Waals surface area contributed by atoms with Crippen molar-refractivity contribution in [2.75, 3.05) is 27.7 Å². The number of methoxy groups -OCH3 is 1. The number of likely N-dealkylation sites (tertiary alicyclic amines) is 1. The molecule has 1 N–H and O–H groups in total. The fourth-order valence-corrected chi connectivity index (χ4v) is 4.11. The second-order valence-corrected chi connectivity index (χ2v) is 6.21. The zero-order chi connectivity index (χ0) is 13.6. The van der Waals surface area contributed by atoms with E-state index in [9.17, 15) is 0 Å². The number of ether oxygens (including phenoxy) is 1. The Morgan fingerprint density at radius 3 is 2.89 bits per heavy atom. The largest absolute Gasteiger partial charge is 0.497 e. The van der Waals surface area contributed by atoms with Crippen LogP contribution in [0, 0.1) is 0 Å². The van der Waals surface area contributed by atoms with Crippen LogP contribution < -0.4 is 10.1 Å². The maximum atomic E-state index is 5.42. The number of hydrogen-bond acceptors (Lipinski definition) is 3. The van der Waals surface area contributed by atoms with Gasteiger partial charge in [-0.15, -0.1) is 0 Å². The van der Waals surface area contributed by atoms with E-state index in [0.717, 1.165) is 12.2 Å². The molecule has 0 saturated carbocycles. The molecule has 1 fully saturated rings. The molecule has 1 aromatic rings. The minimum Gasteiger partial charge on any atom is -0.497 e. The Labute approximate surface area is 115 Å². The fourth-order valence-electron chi connectivity index (χ4n) is 4.11. The molecule has 0 spiro atoms. The molecule has 3 heteroatoms. The van der Waals surface area contributed by atoms with Gasteiger partial charge in [0.25, 0.3) is 0 Å². The molecule has 1 heterocycles. The van der Waals surface area contributed by atoms with Crippen molar-refractivity contribution in [1.29, 1.82) is 0 Å². The third-order valence-electron chi connectivity index (χ3n) is 5.29. The van der Waals surface area contributed by atoms with Crippen molar-refractivity contribution >= 4 is 0 Å². The van der Waals surface area contributed by atoms with Crippen LogP contribution in [0.1, 0.15) is 24.5 Å². The van der Waals surface area contributed by atoms with Gasteiger partial charge in [-0.25, -0.2) is 0 Å². The summed E-state index contributed by atoms with van der Waals surface area (Å²) in [5, 5.41) is 3.57. The molecule has 3 nitrogen and oxygen atoms in total. The zero-order valence-electron chi connectivity index (χ0n) is 12.4. The topological polar surface area (TPSA) is 24.5 Å². The minimum atomic E-state index is 0.216. The summed E-state index contributed by atoms with van der Waals surface area (Å²) in [6, 6.07) is 7.72. The molecule has 3 rings (SSSR count). The van der Waals surface area contributed by atoms with Crippen molar-refractivity contribution in [3.8, 4) is 5.75 Å². The predicted octanol–water partition coefficient (Wildman–Crippen LogP) is 1.80. The van der Waals surface area contributed by atoms with Gasteiger partial charge in [0, 0.05) is 17.5 Å². The van der Waals surface area contributed by atoms with Gasteiger partial charge in [0.15, 0.2) is 0 Å². The maximum absolute atomic E-state index is 5.42. The summed E-state index contributed by atoms with van der Waals surface area (Å²) in [7, 11) is 6.10. The first-order valence-electron chi connectivity index (χ1n) is 7.15. The van der Waals surface area contributed by atoms with E-state index in [0.29, 0.717) is 12.1 Å². The second-order valence-electron chi connectivity index (χ2n) is 6.21. The molecule has 2 aliphatic rings. The third kappa shape index (κ3) is 1.79. The fraction of sp³-hybridized carbons (Fsp3) is 0.625. The molecule has 0 amide bonds. The van der Waals surface area contributed by atoms with Gasteiger partial charge >= 0.3 is 0 Å². The molecule has 1 aliphatic heterocycles. The minimum absolute atomic E-state index is 0.216. The van der Waals surface area contributed by atoms with Crippen LogP contribution in [-0.4, -0.2) is 44.7 Å². The summed E-state index contributed by atoms with van der Waals surface area (Å²) in [4.78, 5) is 2.51. The smallest absolute Gasteiger partial charge is 0.119 e. The maximum Gasteiger partial charge on any atom is 0.119 e. The van der Waals surface area contributed by atoms with E-state index in [1.807, 2.05) is 0 Å². The van der Waals surface area contributed by atoms with Gasteiger partial charge in [0.1, 0.15) is 5.75 Å². The molecular formula is C16H24N2O. The first-order valence-corrected chi connectivity index (χ1v) is 7.15. The molecule has 1 aromatic carbocycles. The quantitative estimate of drug-likeness (QED) is 0.877. The third-order valence-corrected chi connectivity index (χ3v) is 5.29. The van der Waals surface area contributed by atoms with Gasteiger partial charge in [0.05, 0.1) is 7.11 Å². The number of likely N-dealkylation sites (N-methyl/N-ethyl adjacent to an activating group) is 2. The summed E-state index contributed by atoms with van der Waals surface area (Å²) in [6.45, 7) is 3.58. The molecule has 19 heavy (non-hydrogen) atoms. The normalized spacial score (nSPS) is 33.9. The van der Waals surface area contributed by atoms with Crippen molar-refractivity contribution in [3.05, 3.63) is 29.3 Å². The SMILES string of the molecule is CNC1[C@H]2Cc3ccc(OC)cc3C1(C)CCN2C. The first kappa shape index (κ1) is 12.9. The molecule has 0 aromatic heterocycles. The molecule has 3 atom stereocenters. The lowest BCUT2D eigenvalue weighted by Crippen LogP contribution is -2.65. The van der Waals surface area contributed by atoms with Crippen LogP contribution in [0.15, 0.2) is 18.2 Å². The highest BCUT2D eigenvalue weighted by molar-refractivity contribution is 5.45. The van der Waals surface area contributed by atoms with E-state index in [1.165, 1.54) is 24.1 Å². The van der Waals surface area contributed by atoms with Gasteiger partial charge in [-0.2, -0.15) is 0 Å². The first-order chi connectivity index (χ1) is 9.10. The van der Waals surface area contributed by atoms with Crippen molar-refractivity contribution in [3.63, 3.8) is 0 Å². The van der Waals surface area contributed by atoms with Crippen LogP contribution in [0.25, 0.3) is 0 Å². The van der Waals surface area contributed by atoms with E-state index in [1.54, 1.807) is 7.11 Å². The molecule has 0 radical (unpaired) electrons. The van der Waals surface area contributed by atoms with Crippen LogP contribution in [0.5, 0.6) is 5.75 Å². The summed E-state index contributed by atoms with van der Waals surface area (Å²) in [5.74, 6) is 0.979. The molecule has 1 saturated heterocycles. The summed E-state index contributed by atoms with van der Waals surface area (Å²) < 4.78 is 5.42. The van der Waals surface area contributed by atoms with Gasteiger partial charge in [0.2, 0.25) is 0 Å². The highest BCUT2D eigenvalue weighted by Crippen LogP contribution is 2.45. The van der Waals surface area contributed by atoms with E-state index < -0.39 is 0 Å². The van der Waals surface area contributed by atoms with Crippen LogP contribution in [-0.2, 0) is 11.8 Å². The molecule has 2 bridgehead atoms. The Hall–Kier alpha value is -1.06. The van der Waals surface area contributed by atoms with E-state index in [2.05, 4.69) is 49.4 Å². The highest BCUT2D eigenvalue weighted by Gasteiger charge is 2.49. The van der Waals surface area contributed by atoms with Crippen LogP contribution in [0.3, 0.4) is 0 Å². The molecule has 2 unspecified atom stereocenters. The van der Waals surface area contributed by atoms with Crippen LogP contribution in [0.2, 0.25) is 0 Å². The second kappa shape index (κ2) is 4.50. The molecule has 1 aliphatic carbocycles. The standard InChI is InChI=1S/C16H24N2O/c1-16-7-8-18(3)14(15(16)17-2)9-11-5-6-12(19-4)10-13(11)16/h5-6,10,14-15,17H,7-9H2,1-4H3/t14-,15?,16?/m1/s1. The zero-order valence-corrected chi connectivity index (χ0v) is 12.4. The Bertz CT molecular complexity index is 488. The van der Waals surface area contributed by atoms with E-state index >= 15 is 0 Å². The van der Waals surface area contributed by atoms with Gasteiger partial charge < -0.3 is 15.0 Å². The lowest BCUT2D eigenvalue weighted by Gasteiger charge is -2.54. The van der Waals surface area contributed by atoms with Crippen molar-refractivity contribution < 1.29 is 4.74 Å². The lowest BCUT2D eigenvalue weighted by atomic mass is 9.62. The van der Waals surface area contributed by atoms with E-state index in [-0.39, 0.29) is 5.41 Å². The highest BCUT2D eigenvalue weighted by atomic mass is 16.5. The average Bonchev–Trinajstić information content (AvgIpc) is 2.43. The summed E-state index contributed by atoms with van der Waals surface area (Å²) in [5.41, 5.74) is 3.19. The van der Waals surface area contributed by atoms with Gasteiger partial charge in [-0.05, 0) is 56.7 Å². The number of rotatable bonds is 2. The van der Waals surface area contributed by atoms with Gasteiger partial charge in [-0.3, -0.25) is 0 Å². The number of piperidine rings is 1. The number of nitrogens with zero attached hydrogens (tertiary/aromatic N) is 1. The summed E-state index contributed by atoms with van der Waals surface area (Å²) >= 11 is 0. The van der Waals surface area contributed by atoms with Crippen LogP contribution >= 0.6 is 0 Å². The number of hydrogen-bond donors (Lipinski definition) is 1. The molecular weight excluding hydrogens is 236 g/mol. The number of nitrogens with one attached hydrogen (secondary N) is 1. The van der Waals surface area contributed by atoms with Gasteiger partial charge in [-0.1, -0.05) is 13.0 Å². The Morgan fingerprint density at radius 2 is 2.21 bits per heavy atom. The number of fused-ring (bicyclic) bond motifs is 4. The van der Waals surface area contributed by atoms with Crippen molar-refractivity contribution in [2.45, 2.75) is 37.3 Å². The Kier molecular flexibility index (Phi) is 3.06. The Morgan fingerprint density at radius 1 is 1.42 bits per heavy atom. The monoisotopic (exact) mass is 260 g/mol. The van der Waals surface area contributed by atoms with E-state index in [4.69, 9.17) is 4.74 Å². The van der Waals surface area contributed by atoms with Crippen molar-refractivity contribution in [1.82, 2.24) is 10.2 Å². The van der Waals surface area contributed by atoms with Crippen LogP contribution in [0.4, 0.5) is 0 Å². The van der Waals surface area contributed by atoms with Crippen molar-refractivity contribution in [2.24, 2.45) is 0 Å². The molecule has 104 valence electrons. The predicted molar refractivity (Wildman–Crippen MR) is 77.9 cm³/mol. The Balaban J connectivity index is 2.13.